The Morgan fingerprint density at radius 2 is 2.07 bits per heavy atom. The van der Waals surface area contributed by atoms with Crippen LogP contribution in [0.2, 0.25) is 0 Å². The Morgan fingerprint density at radius 3 is 2.67 bits per heavy atom. The largest absolute Gasteiger partial charge is 0.349 e. The first-order chi connectivity index (χ1) is 7.25. The van der Waals surface area contributed by atoms with Crippen molar-refractivity contribution in [1.82, 2.24) is 15.0 Å². The molecule has 0 radical (unpaired) electrons. The Kier molecular flexibility index (Phi) is 3.47. The van der Waals surface area contributed by atoms with E-state index in [2.05, 4.69) is 42.9 Å². The van der Waals surface area contributed by atoms with E-state index in [1.54, 1.807) is 23.7 Å². The molecule has 2 rings (SSSR count). The zero-order valence-corrected chi connectivity index (χ0v) is 11.0. The Hall–Kier alpha value is -0.760. The van der Waals surface area contributed by atoms with Crippen molar-refractivity contribution in [2.45, 2.75) is 13.5 Å². The van der Waals surface area contributed by atoms with E-state index in [0.717, 1.165) is 15.8 Å². The molecular formula is C9H9IN4S. The van der Waals surface area contributed by atoms with Crippen molar-refractivity contribution in [1.29, 1.82) is 0 Å². The van der Waals surface area contributed by atoms with Gasteiger partial charge in [0.15, 0.2) is 0 Å². The fraction of sp³-hybridized carbons (Fsp3) is 0.222. The normalized spacial score (nSPS) is 10.3. The second-order valence-electron chi connectivity index (χ2n) is 2.94. The van der Waals surface area contributed by atoms with Crippen molar-refractivity contribution < 1.29 is 0 Å². The van der Waals surface area contributed by atoms with Gasteiger partial charge < -0.3 is 5.32 Å². The van der Waals surface area contributed by atoms with Gasteiger partial charge in [0.2, 0.25) is 5.95 Å². The van der Waals surface area contributed by atoms with Crippen molar-refractivity contribution in [3.8, 4) is 0 Å². The van der Waals surface area contributed by atoms with Crippen LogP contribution in [0.4, 0.5) is 5.95 Å². The van der Waals surface area contributed by atoms with Crippen LogP contribution in [-0.2, 0) is 6.54 Å². The molecule has 0 aliphatic heterocycles. The predicted octanol–water partition coefficient (Wildman–Crippen LogP) is 2.46. The molecule has 15 heavy (non-hydrogen) atoms. The number of aromatic nitrogens is 3. The molecule has 78 valence electrons. The Bertz CT molecular complexity index is 440. The summed E-state index contributed by atoms with van der Waals surface area (Å²) in [6, 6.07) is 0. The van der Waals surface area contributed by atoms with E-state index < -0.39 is 0 Å². The molecule has 0 bridgehead atoms. The lowest BCUT2D eigenvalue weighted by Gasteiger charge is -2.02. The highest BCUT2D eigenvalue weighted by molar-refractivity contribution is 14.1. The smallest absolute Gasteiger partial charge is 0.222 e. The lowest BCUT2D eigenvalue weighted by Crippen LogP contribution is -2.03. The number of anilines is 1. The summed E-state index contributed by atoms with van der Waals surface area (Å²) in [5, 5.41) is 3.16. The number of rotatable bonds is 3. The molecule has 0 saturated heterocycles. The molecule has 0 spiro atoms. The summed E-state index contributed by atoms with van der Waals surface area (Å²) in [4.78, 5) is 13.7. The number of nitrogens with zero attached hydrogens (tertiary/aromatic N) is 3. The molecule has 0 amide bonds. The van der Waals surface area contributed by atoms with Crippen molar-refractivity contribution in [3.05, 3.63) is 32.0 Å². The van der Waals surface area contributed by atoms with Crippen molar-refractivity contribution in [2.24, 2.45) is 0 Å². The fourth-order valence-corrected chi connectivity index (χ4v) is 2.05. The molecule has 4 nitrogen and oxygen atoms in total. The molecule has 2 aromatic rings. The minimum absolute atomic E-state index is 0.656. The highest BCUT2D eigenvalue weighted by Gasteiger charge is 2.01. The van der Waals surface area contributed by atoms with Crippen LogP contribution in [0.5, 0.6) is 0 Å². The maximum atomic E-state index is 4.18. The first-order valence-corrected chi connectivity index (χ1v) is 6.32. The third-order valence-electron chi connectivity index (χ3n) is 1.87. The standard InChI is InChI=1S/C9H9IN4S/c1-6-8(15-5-14-6)4-13-9-11-2-7(10)3-12-9/h2-3,5H,4H2,1H3,(H,11,12,13). The maximum absolute atomic E-state index is 4.18. The van der Waals surface area contributed by atoms with Gasteiger partial charge in [0.25, 0.3) is 0 Å². The van der Waals surface area contributed by atoms with Gasteiger partial charge in [-0.2, -0.15) is 0 Å². The first-order valence-electron chi connectivity index (χ1n) is 4.36. The molecule has 0 saturated carbocycles. The molecule has 6 heteroatoms. The van der Waals surface area contributed by atoms with Crippen LogP contribution in [0.1, 0.15) is 10.6 Å². The third-order valence-corrected chi connectivity index (χ3v) is 3.36. The molecule has 2 heterocycles. The van der Waals surface area contributed by atoms with Crippen LogP contribution < -0.4 is 5.32 Å². The van der Waals surface area contributed by atoms with E-state index in [-0.39, 0.29) is 0 Å². The molecule has 2 aromatic heterocycles. The van der Waals surface area contributed by atoms with E-state index in [1.807, 2.05) is 12.4 Å². The molecule has 0 unspecified atom stereocenters. The van der Waals surface area contributed by atoms with Gasteiger partial charge in [0.05, 0.1) is 17.7 Å². The zero-order chi connectivity index (χ0) is 10.7. The Balaban J connectivity index is 1.99. The summed E-state index contributed by atoms with van der Waals surface area (Å²) < 4.78 is 1.03. The summed E-state index contributed by atoms with van der Waals surface area (Å²) in [6.07, 6.45) is 3.57. The second kappa shape index (κ2) is 4.84. The monoisotopic (exact) mass is 332 g/mol. The van der Waals surface area contributed by atoms with Gasteiger partial charge in [0, 0.05) is 20.8 Å². The van der Waals surface area contributed by atoms with Gasteiger partial charge in [-0.1, -0.05) is 0 Å². The van der Waals surface area contributed by atoms with E-state index in [1.165, 1.54) is 4.88 Å². The molecular weight excluding hydrogens is 323 g/mol. The number of thiazole rings is 1. The van der Waals surface area contributed by atoms with Gasteiger partial charge in [0.1, 0.15) is 0 Å². The zero-order valence-electron chi connectivity index (χ0n) is 8.07. The Morgan fingerprint density at radius 1 is 1.33 bits per heavy atom. The SMILES string of the molecule is Cc1ncsc1CNc1ncc(I)cn1. The summed E-state index contributed by atoms with van der Waals surface area (Å²) in [7, 11) is 0. The molecule has 0 aliphatic rings. The average Bonchev–Trinajstić information content (AvgIpc) is 2.63. The third kappa shape index (κ3) is 2.85. The topological polar surface area (TPSA) is 50.7 Å². The van der Waals surface area contributed by atoms with Crippen LogP contribution >= 0.6 is 33.9 Å². The van der Waals surface area contributed by atoms with Crippen LogP contribution in [0, 0.1) is 10.5 Å². The summed E-state index contributed by atoms with van der Waals surface area (Å²) in [5.41, 5.74) is 2.92. The van der Waals surface area contributed by atoms with Crippen LogP contribution in [0.3, 0.4) is 0 Å². The summed E-state index contributed by atoms with van der Waals surface area (Å²) in [6.45, 7) is 2.74. The van der Waals surface area contributed by atoms with Crippen LogP contribution in [-0.4, -0.2) is 15.0 Å². The van der Waals surface area contributed by atoms with Crippen molar-refractivity contribution >= 4 is 39.9 Å². The predicted molar refractivity (Wildman–Crippen MR) is 68.9 cm³/mol. The van der Waals surface area contributed by atoms with Gasteiger partial charge in [-0.25, -0.2) is 15.0 Å². The quantitative estimate of drug-likeness (QED) is 0.878. The van der Waals surface area contributed by atoms with Crippen LogP contribution in [0.15, 0.2) is 17.9 Å². The van der Waals surface area contributed by atoms with Gasteiger partial charge in [-0.05, 0) is 29.5 Å². The number of nitrogens with one attached hydrogen (secondary N) is 1. The van der Waals surface area contributed by atoms with Crippen molar-refractivity contribution in [2.75, 3.05) is 5.32 Å². The highest BCUT2D eigenvalue weighted by Crippen LogP contribution is 2.13. The van der Waals surface area contributed by atoms with E-state index >= 15 is 0 Å². The highest BCUT2D eigenvalue weighted by atomic mass is 127. The average molecular weight is 332 g/mol. The maximum Gasteiger partial charge on any atom is 0.222 e. The number of halogens is 1. The second-order valence-corrected chi connectivity index (χ2v) is 5.12. The minimum Gasteiger partial charge on any atom is -0.349 e. The number of hydrogen-bond acceptors (Lipinski definition) is 5. The summed E-state index contributed by atoms with van der Waals surface area (Å²) >= 11 is 3.82. The number of hydrogen-bond donors (Lipinski definition) is 1. The fourth-order valence-electron chi connectivity index (χ4n) is 1.06. The van der Waals surface area contributed by atoms with Crippen molar-refractivity contribution in [3.63, 3.8) is 0 Å². The molecule has 1 N–H and O–H groups in total. The van der Waals surface area contributed by atoms with Gasteiger partial charge >= 0.3 is 0 Å². The summed E-state index contributed by atoms with van der Waals surface area (Å²) in [5.74, 6) is 0.656. The van der Waals surface area contributed by atoms with Gasteiger partial charge in [-0.3, -0.25) is 0 Å². The first kappa shape index (κ1) is 10.7. The van der Waals surface area contributed by atoms with Crippen LogP contribution in [0.25, 0.3) is 0 Å². The molecule has 0 fully saturated rings. The Labute approximate surface area is 105 Å². The molecule has 0 atom stereocenters. The van der Waals surface area contributed by atoms with Gasteiger partial charge in [-0.15, -0.1) is 11.3 Å². The van der Waals surface area contributed by atoms with E-state index in [4.69, 9.17) is 0 Å². The van der Waals surface area contributed by atoms with E-state index in [9.17, 15) is 0 Å². The molecule has 0 aromatic carbocycles. The minimum atomic E-state index is 0.656. The van der Waals surface area contributed by atoms with E-state index in [0.29, 0.717) is 5.95 Å². The number of aryl methyl sites for hydroxylation is 1. The molecule has 0 aliphatic carbocycles. The lowest BCUT2D eigenvalue weighted by molar-refractivity contribution is 1.04. The lowest BCUT2D eigenvalue weighted by atomic mass is 10.4.